The van der Waals surface area contributed by atoms with Crippen LogP contribution in [0.3, 0.4) is 0 Å². The monoisotopic (exact) mass is 420 g/mol. The van der Waals surface area contributed by atoms with Gasteiger partial charge in [-0.15, -0.1) is 0 Å². The minimum absolute atomic E-state index is 0.161. The van der Waals surface area contributed by atoms with E-state index in [1.807, 2.05) is 12.1 Å². The fourth-order valence-corrected chi connectivity index (χ4v) is 6.04. The molecule has 3 aliphatic rings. The van der Waals surface area contributed by atoms with Gasteiger partial charge in [0, 0.05) is 31.9 Å². The molecule has 0 atom stereocenters. The Balaban J connectivity index is 1.65. The van der Waals surface area contributed by atoms with Crippen LogP contribution >= 0.6 is 11.6 Å². The van der Waals surface area contributed by atoms with E-state index >= 15 is 0 Å². The lowest BCUT2D eigenvalue weighted by Crippen LogP contribution is -2.43. The zero-order valence-corrected chi connectivity index (χ0v) is 17.7. The summed E-state index contributed by atoms with van der Waals surface area (Å²) in [6.07, 6.45) is 5.68. The Kier molecular flexibility index (Phi) is 4.19. The van der Waals surface area contributed by atoms with E-state index in [1.54, 1.807) is 6.07 Å². The van der Waals surface area contributed by atoms with Gasteiger partial charge in [0.1, 0.15) is 5.82 Å². The van der Waals surface area contributed by atoms with Crippen molar-refractivity contribution in [2.24, 2.45) is 0 Å². The quantitative estimate of drug-likeness (QED) is 0.646. The molecule has 0 amide bonds. The molecule has 1 N–H and O–H groups in total. The highest BCUT2D eigenvalue weighted by Gasteiger charge is 2.46. The maximum absolute atomic E-state index is 13.0. The maximum Gasteiger partial charge on any atom is 0.282 e. The fourth-order valence-electron chi connectivity index (χ4n) is 5.79. The first kappa shape index (κ1) is 18.4. The molecule has 2 fully saturated rings. The zero-order valence-electron chi connectivity index (χ0n) is 17.0. The average molecular weight is 421 g/mol. The van der Waals surface area contributed by atoms with Crippen LogP contribution in [-0.2, 0) is 5.41 Å². The molecule has 1 aromatic heterocycles. The summed E-state index contributed by atoms with van der Waals surface area (Å²) in [5.41, 5.74) is 4.23. The van der Waals surface area contributed by atoms with Crippen molar-refractivity contribution in [2.45, 2.75) is 37.5 Å². The molecule has 0 unspecified atom stereocenters. The highest BCUT2D eigenvalue weighted by molar-refractivity contribution is 6.35. The second-order valence-electron chi connectivity index (χ2n) is 8.79. The minimum Gasteiger partial charge on any atom is -0.369 e. The third-order valence-electron chi connectivity index (χ3n) is 7.22. The van der Waals surface area contributed by atoms with Gasteiger partial charge in [-0.05, 0) is 42.7 Å². The average Bonchev–Trinajstić information content (AvgIpc) is 3.04. The number of halogens is 1. The van der Waals surface area contributed by atoms with Crippen molar-refractivity contribution in [3.8, 4) is 5.69 Å². The van der Waals surface area contributed by atoms with Crippen LogP contribution in [0.15, 0.2) is 41.2 Å². The first-order valence-corrected chi connectivity index (χ1v) is 11.4. The number of anilines is 1. The number of nitrogens with one attached hydrogen (secondary N) is 1. The van der Waals surface area contributed by atoms with Gasteiger partial charge in [0.05, 0.1) is 27.0 Å². The maximum atomic E-state index is 13.0. The van der Waals surface area contributed by atoms with E-state index in [2.05, 4.69) is 38.0 Å². The molecular weight excluding hydrogens is 396 g/mol. The topological polar surface area (TPSA) is 50.2 Å². The summed E-state index contributed by atoms with van der Waals surface area (Å²) in [5.74, 6) is 0.912. The number of hydrogen-bond acceptors (Lipinski definition) is 4. The van der Waals surface area contributed by atoms with E-state index in [0.29, 0.717) is 10.4 Å². The summed E-state index contributed by atoms with van der Waals surface area (Å²) in [6.45, 7) is 4.02. The first-order valence-electron chi connectivity index (χ1n) is 11.0. The largest absolute Gasteiger partial charge is 0.369 e. The van der Waals surface area contributed by atoms with Crippen molar-refractivity contribution in [1.82, 2.24) is 14.9 Å². The van der Waals surface area contributed by atoms with Crippen LogP contribution in [0.1, 0.15) is 43.5 Å². The normalized spacial score (nSPS) is 19.8. The number of hydrogen-bond donors (Lipinski definition) is 1. The molecule has 2 aliphatic heterocycles. The van der Waals surface area contributed by atoms with Gasteiger partial charge in [-0.25, -0.2) is 0 Å². The summed E-state index contributed by atoms with van der Waals surface area (Å²) in [6, 6.07) is 12.6. The van der Waals surface area contributed by atoms with Crippen molar-refractivity contribution in [3.05, 3.63) is 63.2 Å². The molecule has 0 radical (unpaired) electrons. The molecule has 5 nitrogen and oxygen atoms in total. The van der Waals surface area contributed by atoms with Crippen molar-refractivity contribution in [3.63, 3.8) is 0 Å². The second-order valence-corrected chi connectivity index (χ2v) is 9.20. The molecule has 154 valence electrons. The highest BCUT2D eigenvalue weighted by atomic mass is 35.5. The third kappa shape index (κ3) is 2.51. The van der Waals surface area contributed by atoms with Crippen LogP contribution < -0.4 is 15.8 Å². The SMILES string of the molecule is O=c1nc2n(c3cccc(Cl)c13)-c1cc(N3CCNCC3)ccc1C21CCCCC1. The van der Waals surface area contributed by atoms with Gasteiger partial charge in [-0.3, -0.25) is 9.36 Å². The van der Waals surface area contributed by atoms with Crippen LogP contribution in [-0.4, -0.2) is 35.7 Å². The van der Waals surface area contributed by atoms with Gasteiger partial charge in [-0.1, -0.05) is 43.0 Å². The van der Waals surface area contributed by atoms with E-state index in [4.69, 9.17) is 11.6 Å². The summed E-state index contributed by atoms with van der Waals surface area (Å²) in [7, 11) is 0. The van der Waals surface area contributed by atoms with Crippen molar-refractivity contribution in [1.29, 1.82) is 0 Å². The van der Waals surface area contributed by atoms with Gasteiger partial charge in [-0.2, -0.15) is 4.98 Å². The Hall–Kier alpha value is -2.37. The Morgan fingerprint density at radius 3 is 2.63 bits per heavy atom. The Bertz CT molecular complexity index is 1210. The predicted molar refractivity (Wildman–Crippen MR) is 121 cm³/mol. The lowest BCUT2D eigenvalue weighted by Gasteiger charge is -2.34. The van der Waals surface area contributed by atoms with E-state index in [1.165, 1.54) is 36.2 Å². The molecule has 6 heteroatoms. The fraction of sp³-hybridized carbons (Fsp3) is 0.417. The predicted octanol–water partition coefficient (Wildman–Crippen LogP) is 4.01. The molecule has 1 spiro atoms. The van der Waals surface area contributed by atoms with E-state index in [9.17, 15) is 4.79 Å². The van der Waals surface area contributed by atoms with Crippen LogP contribution in [0.2, 0.25) is 5.02 Å². The molecule has 6 rings (SSSR count). The van der Waals surface area contributed by atoms with Gasteiger partial charge in [0.25, 0.3) is 5.56 Å². The second kappa shape index (κ2) is 6.82. The number of aromatic nitrogens is 2. The molecule has 3 heterocycles. The number of rotatable bonds is 1. The Labute approximate surface area is 180 Å². The summed E-state index contributed by atoms with van der Waals surface area (Å²) in [5, 5.41) is 4.43. The van der Waals surface area contributed by atoms with Crippen LogP contribution in [0, 0.1) is 0 Å². The number of piperazine rings is 1. The molecule has 30 heavy (non-hydrogen) atoms. The first-order chi connectivity index (χ1) is 14.7. The van der Waals surface area contributed by atoms with Crippen molar-refractivity contribution < 1.29 is 0 Å². The van der Waals surface area contributed by atoms with Gasteiger partial charge in [0.2, 0.25) is 0 Å². The zero-order chi connectivity index (χ0) is 20.3. The molecule has 1 saturated carbocycles. The Morgan fingerprint density at radius 2 is 1.83 bits per heavy atom. The molecule has 1 saturated heterocycles. The summed E-state index contributed by atoms with van der Waals surface area (Å²) in [4.78, 5) is 20.1. The van der Waals surface area contributed by atoms with Crippen molar-refractivity contribution >= 4 is 28.2 Å². The third-order valence-corrected chi connectivity index (χ3v) is 7.54. The highest BCUT2D eigenvalue weighted by Crippen LogP contribution is 2.52. The lowest BCUT2D eigenvalue weighted by molar-refractivity contribution is 0.339. The van der Waals surface area contributed by atoms with Gasteiger partial charge in [0.15, 0.2) is 0 Å². The number of nitrogens with zero attached hydrogens (tertiary/aromatic N) is 3. The standard InChI is InChI=1S/C24H25ClN4O/c25-18-5-4-6-19-21(18)22(30)27-23-24(9-2-1-3-10-24)17-8-7-16(15-20(17)29(19)23)28-13-11-26-12-14-28/h4-8,15,26H,1-3,9-14H2. The van der Waals surface area contributed by atoms with E-state index in [0.717, 1.165) is 50.4 Å². The van der Waals surface area contributed by atoms with Crippen molar-refractivity contribution in [2.75, 3.05) is 31.1 Å². The van der Waals surface area contributed by atoms with Crippen LogP contribution in [0.4, 0.5) is 5.69 Å². The van der Waals surface area contributed by atoms with Crippen LogP contribution in [0.5, 0.6) is 0 Å². The molecule has 0 bridgehead atoms. The summed E-state index contributed by atoms with van der Waals surface area (Å²) >= 11 is 6.45. The smallest absolute Gasteiger partial charge is 0.282 e. The molecule has 1 aliphatic carbocycles. The number of benzene rings is 2. The van der Waals surface area contributed by atoms with Crippen LogP contribution in [0.25, 0.3) is 16.6 Å². The van der Waals surface area contributed by atoms with Gasteiger partial charge >= 0.3 is 0 Å². The van der Waals surface area contributed by atoms with Gasteiger partial charge < -0.3 is 10.2 Å². The molecular formula is C24H25ClN4O. The minimum atomic E-state index is -0.207. The Morgan fingerprint density at radius 1 is 1.03 bits per heavy atom. The lowest BCUT2D eigenvalue weighted by atomic mass is 9.70. The summed E-state index contributed by atoms with van der Waals surface area (Å²) < 4.78 is 2.23. The van der Waals surface area contributed by atoms with E-state index < -0.39 is 0 Å². The molecule has 3 aromatic rings. The molecule has 2 aromatic carbocycles. The number of fused-ring (bicyclic) bond motifs is 7. The van der Waals surface area contributed by atoms with E-state index in [-0.39, 0.29) is 11.0 Å².